The first kappa shape index (κ1) is 16.6. The van der Waals surface area contributed by atoms with Crippen LogP contribution in [0.25, 0.3) is 10.9 Å². The third-order valence-electron chi connectivity index (χ3n) is 4.86. The number of carbonyl (C=O) groups is 1. The van der Waals surface area contributed by atoms with E-state index in [1.165, 1.54) is 0 Å². The third kappa shape index (κ3) is 3.69. The van der Waals surface area contributed by atoms with Crippen LogP contribution in [0.3, 0.4) is 0 Å². The number of hydrogen-bond acceptors (Lipinski definition) is 4. The van der Waals surface area contributed by atoms with Gasteiger partial charge in [0.05, 0.1) is 18.3 Å². The number of nitrogens with zero attached hydrogens (tertiary/aromatic N) is 4. The first-order valence-electron chi connectivity index (χ1n) is 9.15. The van der Waals surface area contributed by atoms with Gasteiger partial charge in [-0.2, -0.15) is 5.10 Å². The highest BCUT2D eigenvalue weighted by Gasteiger charge is 2.22. The molecule has 1 aliphatic heterocycles. The molecule has 6 nitrogen and oxygen atoms in total. The molecule has 1 saturated heterocycles. The van der Waals surface area contributed by atoms with Crippen LogP contribution in [0, 0.1) is 0 Å². The number of carbonyl (C=O) groups excluding carboxylic acids is 1. The molecule has 0 aliphatic carbocycles. The highest BCUT2D eigenvalue weighted by molar-refractivity contribution is 5.79. The molecule has 0 spiro atoms. The number of aromatic nitrogens is 3. The van der Waals surface area contributed by atoms with E-state index in [0.29, 0.717) is 13.0 Å². The monoisotopic (exact) mass is 349 g/mol. The quantitative estimate of drug-likeness (QED) is 0.769. The summed E-state index contributed by atoms with van der Waals surface area (Å²) in [6.45, 7) is 2.39. The van der Waals surface area contributed by atoms with Crippen molar-refractivity contribution in [2.24, 2.45) is 0 Å². The summed E-state index contributed by atoms with van der Waals surface area (Å²) in [7, 11) is 0. The van der Waals surface area contributed by atoms with Crippen LogP contribution in [0.4, 0.5) is 5.82 Å². The van der Waals surface area contributed by atoms with E-state index in [0.717, 1.165) is 42.7 Å². The predicted molar refractivity (Wildman–Crippen MR) is 102 cm³/mol. The number of rotatable bonds is 5. The van der Waals surface area contributed by atoms with Crippen LogP contribution >= 0.6 is 0 Å². The molecule has 3 aromatic rings. The van der Waals surface area contributed by atoms with Gasteiger partial charge in [-0.15, -0.1) is 0 Å². The van der Waals surface area contributed by atoms with Crippen molar-refractivity contribution >= 4 is 22.6 Å². The van der Waals surface area contributed by atoms with Crippen molar-refractivity contribution < 1.29 is 4.79 Å². The fraction of sp³-hybridized carbons (Fsp3) is 0.350. The van der Waals surface area contributed by atoms with Gasteiger partial charge in [0, 0.05) is 37.1 Å². The molecule has 1 unspecified atom stereocenters. The number of piperidine rings is 1. The zero-order valence-corrected chi connectivity index (χ0v) is 14.7. The second-order valence-electron chi connectivity index (χ2n) is 6.72. The second kappa shape index (κ2) is 7.56. The van der Waals surface area contributed by atoms with Crippen molar-refractivity contribution in [1.29, 1.82) is 0 Å². The number of pyridine rings is 1. The van der Waals surface area contributed by atoms with Crippen LogP contribution < -0.4 is 10.2 Å². The van der Waals surface area contributed by atoms with Gasteiger partial charge in [0.25, 0.3) is 0 Å². The maximum Gasteiger partial charge on any atom is 0.222 e. The highest BCUT2D eigenvalue weighted by Crippen LogP contribution is 2.17. The molecule has 1 amide bonds. The summed E-state index contributed by atoms with van der Waals surface area (Å²) >= 11 is 0. The van der Waals surface area contributed by atoms with Crippen LogP contribution in [-0.4, -0.2) is 39.8 Å². The second-order valence-corrected chi connectivity index (χ2v) is 6.72. The number of amides is 1. The van der Waals surface area contributed by atoms with Gasteiger partial charge in [0.15, 0.2) is 0 Å². The van der Waals surface area contributed by atoms with Crippen molar-refractivity contribution in [1.82, 2.24) is 20.1 Å². The molecule has 26 heavy (non-hydrogen) atoms. The molecule has 3 heterocycles. The van der Waals surface area contributed by atoms with Crippen molar-refractivity contribution in [3.05, 3.63) is 54.9 Å². The first-order valence-corrected chi connectivity index (χ1v) is 9.15. The van der Waals surface area contributed by atoms with Gasteiger partial charge >= 0.3 is 0 Å². The Morgan fingerprint density at radius 3 is 2.96 bits per heavy atom. The van der Waals surface area contributed by atoms with Crippen molar-refractivity contribution in [2.75, 3.05) is 18.0 Å². The molecular weight excluding hydrogens is 326 g/mol. The molecule has 0 bridgehead atoms. The van der Waals surface area contributed by atoms with E-state index in [-0.39, 0.29) is 11.9 Å². The number of anilines is 1. The van der Waals surface area contributed by atoms with E-state index >= 15 is 0 Å². The number of benzene rings is 1. The van der Waals surface area contributed by atoms with Crippen LogP contribution in [0.1, 0.15) is 19.3 Å². The Balaban J connectivity index is 1.32. The molecule has 1 fully saturated rings. The fourth-order valence-corrected chi connectivity index (χ4v) is 3.56. The zero-order chi connectivity index (χ0) is 17.8. The molecule has 1 aromatic carbocycles. The number of fused-ring (bicyclic) bond motifs is 1. The van der Waals surface area contributed by atoms with E-state index in [1.54, 1.807) is 0 Å². The molecule has 2 aromatic heterocycles. The van der Waals surface area contributed by atoms with Crippen LogP contribution in [0.15, 0.2) is 54.9 Å². The molecule has 4 rings (SSSR count). The Morgan fingerprint density at radius 2 is 2.08 bits per heavy atom. The van der Waals surface area contributed by atoms with E-state index < -0.39 is 0 Å². The lowest BCUT2D eigenvalue weighted by Crippen LogP contribution is -2.48. The topological polar surface area (TPSA) is 63.1 Å². The maximum atomic E-state index is 12.4. The normalized spacial score (nSPS) is 17.4. The number of para-hydroxylation sites is 1. The third-order valence-corrected chi connectivity index (χ3v) is 4.86. The Morgan fingerprint density at radius 1 is 1.19 bits per heavy atom. The minimum Gasteiger partial charge on any atom is -0.355 e. The smallest absolute Gasteiger partial charge is 0.222 e. The summed E-state index contributed by atoms with van der Waals surface area (Å²) in [4.78, 5) is 19.1. The highest BCUT2D eigenvalue weighted by atomic mass is 16.1. The standard InChI is InChI=1S/C20H23N5O/c26-20(10-13-25-18-8-2-1-6-16(18)14-22-25)23-17-7-5-12-24(15-17)19-9-3-4-11-21-19/h1-4,6,8-9,11,14,17H,5,7,10,12-13,15H2,(H,23,26). The Bertz CT molecular complexity index is 876. The average molecular weight is 349 g/mol. The van der Waals surface area contributed by atoms with Crippen LogP contribution in [0.5, 0.6) is 0 Å². The summed E-state index contributed by atoms with van der Waals surface area (Å²) in [6.07, 6.45) is 6.17. The summed E-state index contributed by atoms with van der Waals surface area (Å²) < 4.78 is 1.90. The van der Waals surface area contributed by atoms with E-state index in [9.17, 15) is 4.79 Å². The molecule has 6 heteroatoms. The van der Waals surface area contributed by atoms with Gasteiger partial charge < -0.3 is 10.2 Å². The number of aryl methyl sites for hydroxylation is 1. The molecule has 0 radical (unpaired) electrons. The number of hydrogen-bond donors (Lipinski definition) is 1. The SMILES string of the molecule is O=C(CCn1ncc2ccccc21)NC1CCCN(c2ccccn2)C1. The Hall–Kier alpha value is -2.89. The molecule has 1 aliphatic rings. The van der Waals surface area contributed by atoms with Crippen molar-refractivity contribution in [3.8, 4) is 0 Å². The summed E-state index contributed by atoms with van der Waals surface area (Å²) in [6, 6.07) is 14.2. The summed E-state index contributed by atoms with van der Waals surface area (Å²) in [5.41, 5.74) is 1.07. The molecule has 1 N–H and O–H groups in total. The van der Waals surface area contributed by atoms with Gasteiger partial charge in [0.2, 0.25) is 5.91 Å². The molecule has 134 valence electrons. The van der Waals surface area contributed by atoms with Gasteiger partial charge in [-0.25, -0.2) is 4.98 Å². The molecular formula is C20H23N5O. The first-order chi connectivity index (χ1) is 12.8. The van der Waals surface area contributed by atoms with Gasteiger partial charge in [-0.1, -0.05) is 24.3 Å². The molecule has 0 saturated carbocycles. The van der Waals surface area contributed by atoms with Crippen molar-refractivity contribution in [2.45, 2.75) is 31.8 Å². The summed E-state index contributed by atoms with van der Waals surface area (Å²) in [5, 5.41) is 8.67. The zero-order valence-electron chi connectivity index (χ0n) is 14.7. The number of nitrogens with one attached hydrogen (secondary N) is 1. The van der Waals surface area contributed by atoms with Gasteiger partial charge in [-0.3, -0.25) is 9.48 Å². The average Bonchev–Trinajstić information content (AvgIpc) is 3.10. The minimum absolute atomic E-state index is 0.0810. The van der Waals surface area contributed by atoms with E-state index in [2.05, 4.69) is 20.3 Å². The largest absolute Gasteiger partial charge is 0.355 e. The fourth-order valence-electron chi connectivity index (χ4n) is 3.56. The predicted octanol–water partition coefficient (Wildman–Crippen LogP) is 2.61. The van der Waals surface area contributed by atoms with Crippen LogP contribution in [0.2, 0.25) is 0 Å². The maximum absolute atomic E-state index is 12.4. The van der Waals surface area contributed by atoms with E-state index in [1.807, 2.05) is 59.5 Å². The molecule has 1 atom stereocenters. The minimum atomic E-state index is 0.0810. The lowest BCUT2D eigenvalue weighted by molar-refractivity contribution is -0.122. The lowest BCUT2D eigenvalue weighted by Gasteiger charge is -2.34. The summed E-state index contributed by atoms with van der Waals surface area (Å²) in [5.74, 6) is 1.06. The Labute approximate surface area is 152 Å². The Kier molecular flexibility index (Phi) is 4.82. The van der Waals surface area contributed by atoms with Crippen molar-refractivity contribution in [3.63, 3.8) is 0 Å². The van der Waals surface area contributed by atoms with Crippen LogP contribution in [-0.2, 0) is 11.3 Å². The lowest BCUT2D eigenvalue weighted by atomic mass is 10.1. The van der Waals surface area contributed by atoms with E-state index in [4.69, 9.17) is 0 Å². The van der Waals surface area contributed by atoms with Gasteiger partial charge in [0.1, 0.15) is 5.82 Å². The van der Waals surface area contributed by atoms with Gasteiger partial charge in [-0.05, 0) is 31.0 Å².